The molecule has 0 atom stereocenters. The zero-order chi connectivity index (χ0) is 17.1. The molecule has 0 saturated carbocycles. The number of carbonyl (C=O) groups is 1. The van der Waals surface area contributed by atoms with Crippen LogP contribution in [0.25, 0.3) is 11.0 Å². The summed E-state index contributed by atoms with van der Waals surface area (Å²) < 4.78 is 5.19. The summed E-state index contributed by atoms with van der Waals surface area (Å²) in [5.41, 5.74) is 10.1. The average molecular weight is 361 g/mol. The molecule has 0 aliphatic heterocycles. The first-order chi connectivity index (χ1) is 11.5. The molecule has 3 aromatic rings. The third kappa shape index (κ3) is 3.47. The normalized spacial score (nSPS) is 10.5. The number of fused-ring (bicyclic) bond motifs is 1. The number of halogens is 1. The molecule has 0 fully saturated rings. The standard InChI is InChI=1S/C16H13ClN4O2S/c17-10-5-7-11(8-6-10)21(16(18)24)19-15(22)9-13-12-3-1-2-4-14(12)23-20-13/h1-8H,9H2,(H2,18,24)(H,19,22). The maximum absolute atomic E-state index is 12.3. The number of para-hydroxylation sites is 1. The molecule has 0 unspecified atom stereocenters. The minimum Gasteiger partial charge on any atom is -0.374 e. The summed E-state index contributed by atoms with van der Waals surface area (Å²) in [7, 11) is 0. The third-order valence-electron chi connectivity index (χ3n) is 3.32. The van der Waals surface area contributed by atoms with E-state index in [9.17, 15) is 4.79 Å². The highest BCUT2D eigenvalue weighted by Gasteiger charge is 2.16. The maximum atomic E-state index is 12.3. The molecule has 3 rings (SSSR count). The highest BCUT2D eigenvalue weighted by molar-refractivity contribution is 7.80. The van der Waals surface area contributed by atoms with Crippen molar-refractivity contribution in [3.63, 3.8) is 0 Å². The molecule has 122 valence electrons. The second-order valence-electron chi connectivity index (χ2n) is 4.99. The number of nitrogens with one attached hydrogen (secondary N) is 1. The predicted molar refractivity (Wildman–Crippen MR) is 96.6 cm³/mol. The van der Waals surface area contributed by atoms with Crippen molar-refractivity contribution in [1.82, 2.24) is 10.6 Å². The molecule has 1 amide bonds. The minimum absolute atomic E-state index is 0.00989. The van der Waals surface area contributed by atoms with Crippen molar-refractivity contribution in [2.75, 3.05) is 5.01 Å². The molecule has 6 nitrogen and oxygen atoms in total. The number of aromatic nitrogens is 1. The Kier molecular flexibility index (Phi) is 4.64. The minimum atomic E-state index is -0.322. The fourth-order valence-corrected chi connectivity index (χ4v) is 2.50. The topological polar surface area (TPSA) is 84.4 Å². The molecule has 2 aromatic carbocycles. The van der Waals surface area contributed by atoms with Crippen LogP contribution in [0.5, 0.6) is 0 Å². The van der Waals surface area contributed by atoms with Gasteiger partial charge in [-0.15, -0.1) is 0 Å². The number of thiocarbonyl (C=S) groups is 1. The van der Waals surface area contributed by atoms with Crippen LogP contribution in [0.1, 0.15) is 5.69 Å². The average Bonchev–Trinajstić information content (AvgIpc) is 2.96. The predicted octanol–water partition coefficient (Wildman–Crippen LogP) is 2.81. The van der Waals surface area contributed by atoms with Gasteiger partial charge in [-0.3, -0.25) is 10.2 Å². The monoisotopic (exact) mass is 360 g/mol. The molecule has 0 aliphatic carbocycles. The van der Waals surface area contributed by atoms with Crippen LogP contribution < -0.4 is 16.2 Å². The zero-order valence-corrected chi connectivity index (χ0v) is 14.0. The first-order valence-electron chi connectivity index (χ1n) is 7.02. The Labute approximate surface area is 148 Å². The Morgan fingerprint density at radius 3 is 2.67 bits per heavy atom. The highest BCUT2D eigenvalue weighted by Crippen LogP contribution is 2.19. The molecular weight excluding hydrogens is 348 g/mol. The third-order valence-corrected chi connectivity index (χ3v) is 3.76. The van der Waals surface area contributed by atoms with Gasteiger partial charge in [0.25, 0.3) is 0 Å². The Balaban J connectivity index is 1.76. The fourth-order valence-electron chi connectivity index (χ4n) is 2.22. The van der Waals surface area contributed by atoms with Gasteiger partial charge < -0.3 is 10.3 Å². The molecule has 0 spiro atoms. The fraction of sp³-hybridized carbons (Fsp3) is 0.0625. The largest absolute Gasteiger partial charge is 0.374 e. The molecule has 0 radical (unpaired) electrons. The summed E-state index contributed by atoms with van der Waals surface area (Å²) >= 11 is 10.9. The molecule has 24 heavy (non-hydrogen) atoms. The van der Waals surface area contributed by atoms with E-state index < -0.39 is 0 Å². The smallest absolute Gasteiger partial charge is 0.245 e. The molecule has 3 N–H and O–H groups in total. The Morgan fingerprint density at radius 2 is 1.96 bits per heavy atom. The Bertz CT molecular complexity index is 894. The summed E-state index contributed by atoms with van der Waals surface area (Å²) in [5.74, 6) is -0.322. The van der Waals surface area contributed by atoms with E-state index in [1.54, 1.807) is 30.3 Å². The van der Waals surface area contributed by atoms with Gasteiger partial charge >= 0.3 is 0 Å². The van der Waals surface area contributed by atoms with Crippen molar-refractivity contribution in [3.05, 3.63) is 59.2 Å². The van der Waals surface area contributed by atoms with E-state index in [0.29, 0.717) is 22.0 Å². The zero-order valence-electron chi connectivity index (χ0n) is 12.4. The first kappa shape index (κ1) is 16.2. The quantitative estimate of drug-likeness (QED) is 0.552. The number of nitrogens with two attached hydrogens (primary N) is 1. The van der Waals surface area contributed by atoms with Gasteiger partial charge in [-0.25, -0.2) is 5.01 Å². The number of hydrazine groups is 1. The number of hydrogen-bond donors (Lipinski definition) is 2. The van der Waals surface area contributed by atoms with Crippen LogP contribution in [0.4, 0.5) is 5.69 Å². The van der Waals surface area contributed by atoms with Crippen LogP contribution in [0, 0.1) is 0 Å². The Morgan fingerprint density at radius 1 is 1.25 bits per heavy atom. The van der Waals surface area contributed by atoms with E-state index >= 15 is 0 Å². The number of amides is 1. The molecular formula is C16H13ClN4O2S. The lowest BCUT2D eigenvalue weighted by molar-refractivity contribution is -0.120. The number of benzene rings is 2. The van der Waals surface area contributed by atoms with E-state index in [4.69, 9.17) is 34.1 Å². The van der Waals surface area contributed by atoms with Crippen molar-refractivity contribution in [3.8, 4) is 0 Å². The molecule has 0 aliphatic rings. The van der Waals surface area contributed by atoms with E-state index in [1.807, 2.05) is 18.2 Å². The van der Waals surface area contributed by atoms with Gasteiger partial charge in [0.2, 0.25) is 5.91 Å². The van der Waals surface area contributed by atoms with E-state index in [1.165, 1.54) is 5.01 Å². The van der Waals surface area contributed by atoms with Gasteiger partial charge in [-0.1, -0.05) is 28.9 Å². The SMILES string of the molecule is NC(=S)N(NC(=O)Cc1noc2ccccc12)c1ccc(Cl)cc1. The van der Waals surface area contributed by atoms with E-state index in [-0.39, 0.29) is 17.4 Å². The second-order valence-corrected chi connectivity index (χ2v) is 5.84. The maximum Gasteiger partial charge on any atom is 0.245 e. The highest BCUT2D eigenvalue weighted by atomic mass is 35.5. The van der Waals surface area contributed by atoms with Gasteiger partial charge in [0, 0.05) is 10.4 Å². The molecule has 0 bridgehead atoms. The van der Waals surface area contributed by atoms with Crippen LogP contribution in [0.2, 0.25) is 5.02 Å². The van der Waals surface area contributed by atoms with Crippen LogP contribution in [-0.2, 0) is 11.2 Å². The molecule has 8 heteroatoms. The van der Waals surface area contributed by atoms with Crippen LogP contribution in [-0.4, -0.2) is 16.2 Å². The molecule has 0 saturated heterocycles. The lowest BCUT2D eigenvalue weighted by Gasteiger charge is -2.23. The number of carbonyl (C=O) groups excluding carboxylic acids is 1. The number of hydrogen-bond acceptors (Lipinski definition) is 4. The summed E-state index contributed by atoms with van der Waals surface area (Å²) in [6.07, 6.45) is 0.0315. The van der Waals surface area contributed by atoms with Crippen molar-refractivity contribution in [2.24, 2.45) is 5.73 Å². The molecule has 1 aromatic heterocycles. The van der Waals surface area contributed by atoms with Gasteiger partial charge in [0.05, 0.1) is 12.1 Å². The van der Waals surface area contributed by atoms with Crippen LogP contribution in [0.3, 0.4) is 0 Å². The number of nitrogens with zero attached hydrogens (tertiary/aromatic N) is 2. The van der Waals surface area contributed by atoms with E-state index in [2.05, 4.69) is 10.6 Å². The van der Waals surface area contributed by atoms with Crippen LogP contribution >= 0.6 is 23.8 Å². The van der Waals surface area contributed by atoms with Crippen LogP contribution in [0.15, 0.2) is 53.1 Å². The van der Waals surface area contributed by atoms with E-state index in [0.717, 1.165) is 5.39 Å². The van der Waals surface area contributed by atoms with Crippen molar-refractivity contribution in [1.29, 1.82) is 0 Å². The summed E-state index contributed by atoms with van der Waals surface area (Å²) in [4.78, 5) is 12.3. The van der Waals surface area contributed by atoms with Gasteiger partial charge in [0.1, 0.15) is 5.69 Å². The van der Waals surface area contributed by atoms with Crippen molar-refractivity contribution >= 4 is 51.5 Å². The number of anilines is 1. The van der Waals surface area contributed by atoms with Gasteiger partial charge in [0.15, 0.2) is 10.7 Å². The lowest BCUT2D eigenvalue weighted by Crippen LogP contribution is -2.49. The number of rotatable bonds is 3. The second kappa shape index (κ2) is 6.86. The summed E-state index contributed by atoms with van der Waals surface area (Å²) in [5, 5.41) is 6.63. The first-order valence-corrected chi connectivity index (χ1v) is 7.81. The Hall–Kier alpha value is -2.64. The van der Waals surface area contributed by atoms with Gasteiger partial charge in [-0.05, 0) is 48.6 Å². The lowest BCUT2D eigenvalue weighted by atomic mass is 10.2. The van der Waals surface area contributed by atoms with Crippen molar-refractivity contribution in [2.45, 2.75) is 6.42 Å². The molecule has 1 heterocycles. The summed E-state index contributed by atoms with van der Waals surface area (Å²) in [6, 6.07) is 14.1. The van der Waals surface area contributed by atoms with Gasteiger partial charge in [-0.2, -0.15) is 0 Å². The van der Waals surface area contributed by atoms with Crippen molar-refractivity contribution < 1.29 is 9.32 Å². The summed E-state index contributed by atoms with van der Waals surface area (Å²) in [6.45, 7) is 0.